The number of hydrogen-bond acceptors (Lipinski definition) is 3. The highest BCUT2D eigenvalue weighted by Crippen LogP contribution is 2.27. The van der Waals surface area contributed by atoms with Crippen molar-refractivity contribution in [3.63, 3.8) is 0 Å². The fraction of sp³-hybridized carbons (Fsp3) is 0.750. The Morgan fingerprint density at radius 1 is 1.53 bits per heavy atom. The Bertz CT molecular complexity index is 209. The van der Waals surface area contributed by atoms with E-state index in [0.29, 0.717) is 13.2 Å². The largest absolute Gasteiger partial charge is 0.466 e. The average Bonchev–Trinajstić information content (AvgIpc) is 2.13. The second-order valence-electron chi connectivity index (χ2n) is 4.34. The summed E-state index contributed by atoms with van der Waals surface area (Å²) >= 11 is 0. The van der Waals surface area contributed by atoms with Crippen LogP contribution in [0.25, 0.3) is 0 Å². The van der Waals surface area contributed by atoms with Gasteiger partial charge in [-0.3, -0.25) is 4.79 Å². The first kappa shape index (κ1) is 14.2. The van der Waals surface area contributed by atoms with E-state index in [2.05, 4.69) is 20.4 Å². The molecule has 0 radical (unpaired) electrons. The van der Waals surface area contributed by atoms with Crippen LogP contribution in [0.15, 0.2) is 12.7 Å². The zero-order chi connectivity index (χ0) is 11.9. The number of carbonyl (C=O) groups excluding carboxylic acids is 1. The number of rotatable bonds is 7. The van der Waals surface area contributed by atoms with Gasteiger partial charge in [-0.15, -0.1) is 6.58 Å². The molecule has 0 fully saturated rings. The lowest BCUT2D eigenvalue weighted by molar-refractivity contribution is -0.142. The molecular weight excluding hydrogens is 192 g/mol. The molecule has 0 spiro atoms. The van der Waals surface area contributed by atoms with Gasteiger partial charge in [0.15, 0.2) is 0 Å². The maximum absolute atomic E-state index is 10.6. The van der Waals surface area contributed by atoms with E-state index in [-0.39, 0.29) is 17.5 Å². The molecule has 0 heterocycles. The normalized spacial score (nSPS) is 13.3. The highest BCUT2D eigenvalue weighted by molar-refractivity contribution is 5.65. The van der Waals surface area contributed by atoms with E-state index in [0.717, 1.165) is 6.42 Å². The minimum Gasteiger partial charge on any atom is -0.466 e. The maximum atomic E-state index is 10.6. The van der Waals surface area contributed by atoms with Crippen molar-refractivity contribution in [3.05, 3.63) is 12.7 Å². The van der Waals surface area contributed by atoms with Crippen molar-refractivity contribution >= 4 is 5.97 Å². The van der Waals surface area contributed by atoms with E-state index in [1.807, 2.05) is 6.92 Å². The summed E-state index contributed by atoms with van der Waals surface area (Å²) in [5.74, 6) is -0.231. The molecule has 0 aliphatic rings. The molecule has 88 valence electrons. The third kappa shape index (κ3) is 6.28. The topological polar surface area (TPSA) is 35.5 Å². The van der Waals surface area contributed by atoms with Crippen molar-refractivity contribution in [1.29, 1.82) is 0 Å². The molecule has 0 saturated carbocycles. The first-order valence-corrected chi connectivity index (χ1v) is 5.26. The van der Waals surface area contributed by atoms with Gasteiger partial charge in [-0.05, 0) is 18.8 Å². The molecule has 0 saturated heterocycles. The van der Waals surface area contributed by atoms with Crippen LogP contribution in [0.1, 0.15) is 34.1 Å². The molecule has 1 atom stereocenters. The van der Waals surface area contributed by atoms with Crippen LogP contribution < -0.4 is 0 Å². The summed E-state index contributed by atoms with van der Waals surface area (Å²) in [6.45, 7) is 12.3. The van der Waals surface area contributed by atoms with E-state index >= 15 is 0 Å². The summed E-state index contributed by atoms with van der Waals surface area (Å²) in [5.41, 5.74) is -0.00153. The Morgan fingerprint density at radius 3 is 2.60 bits per heavy atom. The van der Waals surface area contributed by atoms with Crippen molar-refractivity contribution in [1.82, 2.24) is 0 Å². The smallest absolute Gasteiger partial charge is 0.302 e. The molecule has 0 N–H and O–H groups in total. The second-order valence-corrected chi connectivity index (χ2v) is 4.34. The first-order valence-electron chi connectivity index (χ1n) is 5.26. The fourth-order valence-corrected chi connectivity index (χ4v) is 1.10. The molecule has 0 rings (SSSR count). The zero-order valence-corrected chi connectivity index (χ0v) is 10.2. The summed E-state index contributed by atoms with van der Waals surface area (Å²) in [7, 11) is 0. The molecule has 3 nitrogen and oxygen atoms in total. The lowest BCUT2D eigenvalue weighted by atomic mass is 9.84. The molecule has 0 bridgehead atoms. The molecule has 0 aromatic carbocycles. The van der Waals surface area contributed by atoms with Gasteiger partial charge >= 0.3 is 5.97 Å². The van der Waals surface area contributed by atoms with Gasteiger partial charge < -0.3 is 9.47 Å². The van der Waals surface area contributed by atoms with Gasteiger partial charge in [0.2, 0.25) is 0 Å². The lowest BCUT2D eigenvalue weighted by Gasteiger charge is -2.31. The van der Waals surface area contributed by atoms with Gasteiger partial charge in [-0.2, -0.15) is 0 Å². The average molecular weight is 214 g/mol. The highest BCUT2D eigenvalue weighted by atomic mass is 16.5. The van der Waals surface area contributed by atoms with Crippen molar-refractivity contribution in [2.24, 2.45) is 5.41 Å². The van der Waals surface area contributed by atoms with Gasteiger partial charge in [-0.1, -0.05) is 19.9 Å². The predicted molar refractivity (Wildman–Crippen MR) is 60.6 cm³/mol. The minimum absolute atomic E-state index is 0.00153. The second kappa shape index (κ2) is 6.62. The van der Waals surface area contributed by atoms with Crippen molar-refractivity contribution in [3.8, 4) is 0 Å². The first-order chi connectivity index (χ1) is 6.90. The minimum atomic E-state index is -0.231. The van der Waals surface area contributed by atoms with Crippen LogP contribution >= 0.6 is 0 Å². The SMILES string of the molecule is C=CCOC(C)C(C)(C)CCOC(C)=O. The number of hydrogen-bond donors (Lipinski definition) is 0. The molecule has 3 heteroatoms. The molecule has 0 aromatic heterocycles. The van der Waals surface area contributed by atoms with Crippen LogP contribution in [0.3, 0.4) is 0 Å². The lowest BCUT2D eigenvalue weighted by Crippen LogP contribution is -2.31. The molecule has 1 unspecified atom stereocenters. The standard InChI is InChI=1S/C12H22O3/c1-6-8-14-10(2)12(4,5)7-9-15-11(3)13/h6,10H,1,7-9H2,2-5H3. The highest BCUT2D eigenvalue weighted by Gasteiger charge is 2.26. The monoisotopic (exact) mass is 214 g/mol. The Labute approximate surface area is 92.5 Å². The molecule has 0 amide bonds. The summed E-state index contributed by atoms with van der Waals surface area (Å²) in [4.78, 5) is 10.6. The van der Waals surface area contributed by atoms with Crippen LogP contribution in [0.2, 0.25) is 0 Å². The summed E-state index contributed by atoms with van der Waals surface area (Å²) < 4.78 is 10.5. The third-order valence-corrected chi connectivity index (χ3v) is 2.62. The maximum Gasteiger partial charge on any atom is 0.302 e. The van der Waals surface area contributed by atoms with Gasteiger partial charge in [-0.25, -0.2) is 0 Å². The number of ether oxygens (including phenoxy) is 2. The van der Waals surface area contributed by atoms with Crippen molar-refractivity contribution < 1.29 is 14.3 Å². The van der Waals surface area contributed by atoms with E-state index in [1.54, 1.807) is 6.08 Å². The fourth-order valence-electron chi connectivity index (χ4n) is 1.10. The van der Waals surface area contributed by atoms with Gasteiger partial charge in [0, 0.05) is 6.92 Å². The number of carbonyl (C=O) groups is 1. The van der Waals surface area contributed by atoms with Crippen molar-refractivity contribution in [2.45, 2.75) is 40.2 Å². The molecular formula is C12H22O3. The van der Waals surface area contributed by atoms with E-state index in [9.17, 15) is 4.79 Å². The van der Waals surface area contributed by atoms with Crippen LogP contribution in [0, 0.1) is 5.41 Å². The van der Waals surface area contributed by atoms with Gasteiger partial charge in [0.05, 0.1) is 19.3 Å². The molecule has 0 aliphatic heterocycles. The summed E-state index contributed by atoms with van der Waals surface area (Å²) in [6.07, 6.45) is 2.65. The van der Waals surface area contributed by atoms with E-state index < -0.39 is 0 Å². The zero-order valence-electron chi connectivity index (χ0n) is 10.2. The van der Waals surface area contributed by atoms with Crippen LogP contribution in [-0.4, -0.2) is 25.3 Å². The molecule has 0 aliphatic carbocycles. The van der Waals surface area contributed by atoms with Gasteiger partial charge in [0.1, 0.15) is 0 Å². The van der Waals surface area contributed by atoms with E-state index in [4.69, 9.17) is 9.47 Å². The summed E-state index contributed by atoms with van der Waals surface area (Å²) in [6, 6.07) is 0. The molecule has 0 aromatic rings. The quantitative estimate of drug-likeness (QED) is 0.482. The Morgan fingerprint density at radius 2 is 2.13 bits per heavy atom. The van der Waals surface area contributed by atoms with Crippen LogP contribution in [0.5, 0.6) is 0 Å². The summed E-state index contributed by atoms with van der Waals surface area (Å²) in [5, 5.41) is 0. The van der Waals surface area contributed by atoms with E-state index in [1.165, 1.54) is 6.92 Å². The Balaban J connectivity index is 3.92. The number of esters is 1. The Kier molecular flexibility index (Phi) is 6.25. The Hall–Kier alpha value is -0.830. The molecule has 15 heavy (non-hydrogen) atoms. The van der Waals surface area contributed by atoms with Gasteiger partial charge in [0.25, 0.3) is 0 Å². The van der Waals surface area contributed by atoms with Crippen LogP contribution in [0.4, 0.5) is 0 Å². The third-order valence-electron chi connectivity index (χ3n) is 2.62. The van der Waals surface area contributed by atoms with Crippen LogP contribution in [-0.2, 0) is 14.3 Å². The van der Waals surface area contributed by atoms with Crippen molar-refractivity contribution in [2.75, 3.05) is 13.2 Å². The predicted octanol–water partition coefficient (Wildman–Crippen LogP) is 2.56.